The van der Waals surface area contributed by atoms with Crippen LogP contribution in [0.2, 0.25) is 0 Å². The van der Waals surface area contributed by atoms with E-state index in [9.17, 15) is 5.11 Å². The van der Waals surface area contributed by atoms with Crippen LogP contribution in [0.4, 0.5) is 0 Å². The molecule has 14 heavy (non-hydrogen) atoms. The first-order valence-electron chi connectivity index (χ1n) is 5.61. The Morgan fingerprint density at radius 1 is 1.43 bits per heavy atom. The summed E-state index contributed by atoms with van der Waals surface area (Å²) >= 11 is 0. The Morgan fingerprint density at radius 3 is 2.71 bits per heavy atom. The zero-order valence-electron chi connectivity index (χ0n) is 8.71. The highest BCUT2D eigenvalue weighted by Gasteiger charge is 2.37. The van der Waals surface area contributed by atoms with Crippen LogP contribution in [0, 0.1) is 0 Å². The molecule has 0 saturated carbocycles. The van der Waals surface area contributed by atoms with E-state index in [0.29, 0.717) is 12.6 Å². The average molecular weight is 199 g/mol. The summed E-state index contributed by atoms with van der Waals surface area (Å²) in [6, 6.07) is 0.664. The van der Waals surface area contributed by atoms with Gasteiger partial charge in [0.15, 0.2) is 0 Å². The molecular weight excluding hydrogens is 178 g/mol. The van der Waals surface area contributed by atoms with Crippen molar-refractivity contribution < 1.29 is 5.11 Å². The van der Waals surface area contributed by atoms with Crippen molar-refractivity contribution >= 4 is 0 Å². The van der Waals surface area contributed by atoms with Crippen LogP contribution >= 0.6 is 0 Å². The molecule has 4 N–H and O–H groups in total. The third kappa shape index (κ3) is 2.08. The van der Waals surface area contributed by atoms with Gasteiger partial charge in [0.25, 0.3) is 0 Å². The van der Waals surface area contributed by atoms with Crippen molar-refractivity contribution in [3.8, 4) is 0 Å². The molecule has 2 aliphatic heterocycles. The molecule has 2 aliphatic rings. The fraction of sp³-hybridized carbons (Fsp3) is 1.00. The number of rotatable bonds is 2. The number of piperidine rings is 1. The number of hydrogen-bond donors (Lipinski definition) is 3. The quantitative estimate of drug-likeness (QED) is 0.541. The van der Waals surface area contributed by atoms with Crippen LogP contribution in [0.3, 0.4) is 0 Å². The molecule has 0 bridgehead atoms. The van der Waals surface area contributed by atoms with Gasteiger partial charge in [0.1, 0.15) is 0 Å². The Bertz CT molecular complexity index is 194. The topological polar surface area (TPSA) is 61.5 Å². The first kappa shape index (κ1) is 10.4. The second-order valence-corrected chi connectivity index (χ2v) is 4.63. The van der Waals surface area contributed by atoms with Gasteiger partial charge < -0.3 is 16.2 Å². The second-order valence-electron chi connectivity index (χ2n) is 4.63. The molecule has 2 rings (SSSR count). The standard InChI is InChI=1S/C10H21N3O/c11-7-10(14)3-6-13(8-10)9-1-4-12-5-2-9/h9,12,14H,1-8,11H2. The van der Waals surface area contributed by atoms with Gasteiger partial charge in [-0.15, -0.1) is 0 Å². The van der Waals surface area contributed by atoms with Gasteiger partial charge in [-0.25, -0.2) is 0 Å². The predicted octanol–water partition coefficient (Wildman–Crippen LogP) is -0.866. The van der Waals surface area contributed by atoms with E-state index in [4.69, 9.17) is 5.73 Å². The average Bonchev–Trinajstić information content (AvgIpc) is 2.63. The molecule has 0 aromatic heterocycles. The van der Waals surface area contributed by atoms with E-state index in [2.05, 4.69) is 10.2 Å². The molecule has 0 radical (unpaired) electrons. The van der Waals surface area contributed by atoms with Crippen LogP contribution in [-0.4, -0.2) is 54.4 Å². The van der Waals surface area contributed by atoms with Crippen LogP contribution in [-0.2, 0) is 0 Å². The maximum Gasteiger partial charge on any atom is 0.0907 e. The van der Waals surface area contributed by atoms with Gasteiger partial charge in [0, 0.05) is 25.7 Å². The lowest BCUT2D eigenvalue weighted by molar-refractivity contribution is 0.0493. The molecular formula is C10H21N3O. The summed E-state index contributed by atoms with van der Waals surface area (Å²) in [4.78, 5) is 2.41. The normalized spacial score (nSPS) is 36.4. The van der Waals surface area contributed by atoms with Gasteiger partial charge in [-0.3, -0.25) is 4.90 Å². The summed E-state index contributed by atoms with van der Waals surface area (Å²) in [5, 5.41) is 13.4. The van der Waals surface area contributed by atoms with Gasteiger partial charge >= 0.3 is 0 Å². The molecule has 2 saturated heterocycles. The molecule has 1 atom stereocenters. The number of β-amino-alcohol motifs (C(OH)–C–C–N with tert-alkyl or cyclic N) is 1. The van der Waals surface area contributed by atoms with Crippen LogP contribution in [0.1, 0.15) is 19.3 Å². The summed E-state index contributed by atoms with van der Waals surface area (Å²) in [7, 11) is 0. The largest absolute Gasteiger partial charge is 0.387 e. The zero-order chi connectivity index (χ0) is 10.0. The summed E-state index contributed by atoms with van der Waals surface area (Å²) in [5.74, 6) is 0. The number of nitrogens with two attached hydrogens (primary N) is 1. The Balaban J connectivity index is 1.88. The lowest BCUT2D eigenvalue weighted by Gasteiger charge is -2.32. The van der Waals surface area contributed by atoms with Crippen LogP contribution < -0.4 is 11.1 Å². The molecule has 0 aromatic rings. The second kappa shape index (κ2) is 4.14. The third-order valence-electron chi connectivity index (χ3n) is 3.57. The monoisotopic (exact) mass is 199 g/mol. The lowest BCUT2D eigenvalue weighted by atomic mass is 10.0. The van der Waals surface area contributed by atoms with Crippen molar-refractivity contribution in [1.82, 2.24) is 10.2 Å². The van der Waals surface area contributed by atoms with E-state index in [0.717, 1.165) is 32.6 Å². The van der Waals surface area contributed by atoms with Gasteiger partial charge in [0.05, 0.1) is 5.60 Å². The van der Waals surface area contributed by atoms with Crippen LogP contribution in [0.25, 0.3) is 0 Å². The Morgan fingerprint density at radius 2 is 2.14 bits per heavy atom. The number of likely N-dealkylation sites (tertiary alicyclic amines) is 1. The number of nitrogens with one attached hydrogen (secondary N) is 1. The maximum absolute atomic E-state index is 10.0. The van der Waals surface area contributed by atoms with E-state index in [-0.39, 0.29) is 0 Å². The summed E-state index contributed by atoms with van der Waals surface area (Å²) in [5.41, 5.74) is 4.96. The van der Waals surface area contributed by atoms with Crippen LogP contribution in [0.5, 0.6) is 0 Å². The smallest absolute Gasteiger partial charge is 0.0907 e. The molecule has 0 amide bonds. The van der Waals surface area contributed by atoms with Crippen molar-refractivity contribution in [1.29, 1.82) is 0 Å². The summed E-state index contributed by atoms with van der Waals surface area (Å²) in [6.07, 6.45) is 3.26. The number of nitrogens with zero attached hydrogens (tertiary/aromatic N) is 1. The van der Waals surface area contributed by atoms with Crippen molar-refractivity contribution in [2.24, 2.45) is 5.73 Å². The fourth-order valence-electron chi connectivity index (χ4n) is 2.54. The summed E-state index contributed by atoms with van der Waals surface area (Å²) < 4.78 is 0. The van der Waals surface area contributed by atoms with E-state index in [1.807, 2.05) is 0 Å². The first-order chi connectivity index (χ1) is 6.73. The number of hydrogen-bond acceptors (Lipinski definition) is 4. The third-order valence-corrected chi connectivity index (χ3v) is 3.57. The highest BCUT2D eigenvalue weighted by molar-refractivity contribution is 4.94. The molecule has 0 aliphatic carbocycles. The Hall–Kier alpha value is -0.160. The minimum Gasteiger partial charge on any atom is -0.387 e. The lowest BCUT2D eigenvalue weighted by Crippen LogP contribution is -2.46. The molecule has 2 heterocycles. The minimum absolute atomic E-state index is 0.397. The molecule has 1 unspecified atom stereocenters. The van der Waals surface area contributed by atoms with Crippen molar-refractivity contribution in [2.45, 2.75) is 30.9 Å². The molecule has 4 nitrogen and oxygen atoms in total. The molecule has 4 heteroatoms. The molecule has 2 fully saturated rings. The van der Waals surface area contributed by atoms with Crippen molar-refractivity contribution in [3.05, 3.63) is 0 Å². The highest BCUT2D eigenvalue weighted by atomic mass is 16.3. The van der Waals surface area contributed by atoms with E-state index >= 15 is 0 Å². The van der Waals surface area contributed by atoms with E-state index in [1.165, 1.54) is 12.8 Å². The fourth-order valence-corrected chi connectivity index (χ4v) is 2.54. The zero-order valence-corrected chi connectivity index (χ0v) is 8.71. The Kier molecular flexibility index (Phi) is 3.07. The molecule has 82 valence electrons. The number of aliphatic hydroxyl groups is 1. The maximum atomic E-state index is 10.0. The Labute approximate surface area is 85.5 Å². The predicted molar refractivity (Wildman–Crippen MR) is 56.1 cm³/mol. The minimum atomic E-state index is -0.606. The molecule has 0 spiro atoms. The van der Waals surface area contributed by atoms with Crippen molar-refractivity contribution in [3.63, 3.8) is 0 Å². The van der Waals surface area contributed by atoms with Crippen LogP contribution in [0.15, 0.2) is 0 Å². The highest BCUT2D eigenvalue weighted by Crippen LogP contribution is 2.24. The van der Waals surface area contributed by atoms with Gasteiger partial charge in [0.2, 0.25) is 0 Å². The van der Waals surface area contributed by atoms with E-state index < -0.39 is 5.60 Å². The summed E-state index contributed by atoms with van der Waals surface area (Å²) in [6.45, 7) is 4.41. The van der Waals surface area contributed by atoms with Gasteiger partial charge in [-0.05, 0) is 32.4 Å². The van der Waals surface area contributed by atoms with Gasteiger partial charge in [-0.1, -0.05) is 0 Å². The van der Waals surface area contributed by atoms with E-state index in [1.54, 1.807) is 0 Å². The SMILES string of the molecule is NCC1(O)CCN(C2CCNCC2)C1. The van der Waals surface area contributed by atoms with Crippen molar-refractivity contribution in [2.75, 3.05) is 32.7 Å². The first-order valence-corrected chi connectivity index (χ1v) is 5.61. The van der Waals surface area contributed by atoms with Gasteiger partial charge in [-0.2, -0.15) is 0 Å². The molecule has 0 aromatic carbocycles.